The van der Waals surface area contributed by atoms with E-state index in [0.717, 1.165) is 0 Å². The van der Waals surface area contributed by atoms with Crippen molar-refractivity contribution in [1.29, 1.82) is 0 Å². The molecule has 0 atom stereocenters. The molecule has 0 spiro atoms. The van der Waals surface area contributed by atoms with Gasteiger partial charge >= 0.3 is 7.12 Å². The van der Waals surface area contributed by atoms with Gasteiger partial charge in [0, 0.05) is 17.9 Å². The van der Waals surface area contributed by atoms with Crippen LogP contribution in [0, 0.1) is 0 Å². The predicted molar refractivity (Wildman–Crippen MR) is 46.8 cm³/mol. The third-order valence-electron chi connectivity index (χ3n) is 1.58. The molecule has 0 saturated heterocycles. The second kappa shape index (κ2) is 3.52. The van der Waals surface area contributed by atoms with E-state index in [4.69, 9.17) is 10.0 Å². The van der Waals surface area contributed by atoms with Crippen LogP contribution in [0.1, 0.15) is 0 Å². The smallest absolute Gasteiger partial charge is 0.423 e. The summed E-state index contributed by atoms with van der Waals surface area (Å²) in [6.45, 7) is 0. The number of hydrogen-bond donors (Lipinski definition) is 2. The molecular weight excluding hydrogens is 185 g/mol. The summed E-state index contributed by atoms with van der Waals surface area (Å²) in [5.74, 6) is 0.326. The minimum atomic E-state index is -1.56. The van der Waals surface area contributed by atoms with Gasteiger partial charge < -0.3 is 10.0 Å². The average molecular weight is 191 g/mol. The Morgan fingerprint density at radius 2 is 1.93 bits per heavy atom. The van der Waals surface area contributed by atoms with Crippen molar-refractivity contribution in [3.63, 3.8) is 0 Å². The molecule has 70 valence electrons. The fraction of sp³-hybridized carbons (Fsp3) is 0. The molecule has 14 heavy (non-hydrogen) atoms. The van der Waals surface area contributed by atoms with Gasteiger partial charge in [-0.25, -0.2) is 15.0 Å². The Morgan fingerprint density at radius 3 is 2.43 bits per heavy atom. The number of aromatic nitrogens is 5. The predicted octanol–water partition coefficient (Wildman–Crippen LogP) is -2.26. The van der Waals surface area contributed by atoms with Crippen LogP contribution in [0.25, 0.3) is 5.95 Å². The van der Waals surface area contributed by atoms with E-state index in [1.165, 1.54) is 29.7 Å². The lowest BCUT2D eigenvalue weighted by atomic mass is 9.83. The summed E-state index contributed by atoms with van der Waals surface area (Å²) in [5.41, 5.74) is 0.230. The third-order valence-corrected chi connectivity index (χ3v) is 1.58. The zero-order valence-corrected chi connectivity index (χ0v) is 7.02. The summed E-state index contributed by atoms with van der Waals surface area (Å²) in [4.78, 5) is 11.5. The molecule has 2 N–H and O–H groups in total. The molecule has 0 unspecified atom stereocenters. The summed E-state index contributed by atoms with van der Waals surface area (Å²) in [5, 5.41) is 21.4. The van der Waals surface area contributed by atoms with Gasteiger partial charge in [-0.2, -0.15) is 9.78 Å². The van der Waals surface area contributed by atoms with Crippen LogP contribution < -0.4 is 5.46 Å². The van der Waals surface area contributed by atoms with Crippen LogP contribution in [0.5, 0.6) is 0 Å². The molecule has 2 aromatic heterocycles. The van der Waals surface area contributed by atoms with Crippen molar-refractivity contribution in [2.45, 2.75) is 0 Å². The molecule has 0 aliphatic carbocycles. The largest absolute Gasteiger partial charge is 0.491 e. The minimum Gasteiger partial charge on any atom is -0.423 e. The van der Waals surface area contributed by atoms with Crippen molar-refractivity contribution < 1.29 is 10.0 Å². The molecule has 2 rings (SSSR count). The average Bonchev–Trinajstić information content (AvgIpc) is 2.71. The first-order valence-corrected chi connectivity index (χ1v) is 3.80. The fourth-order valence-corrected chi connectivity index (χ4v) is 0.894. The molecule has 0 saturated carbocycles. The Bertz CT molecular complexity index is 401. The lowest BCUT2D eigenvalue weighted by molar-refractivity contribution is 0.425. The maximum atomic E-state index is 8.79. The van der Waals surface area contributed by atoms with Gasteiger partial charge in [0.15, 0.2) is 0 Å². The Balaban J connectivity index is 2.31. The minimum absolute atomic E-state index is 0.230. The van der Waals surface area contributed by atoms with Gasteiger partial charge in [-0.15, -0.1) is 0 Å². The number of rotatable bonds is 2. The number of nitrogens with zero attached hydrogens (tertiary/aromatic N) is 5. The van der Waals surface area contributed by atoms with Crippen molar-refractivity contribution >= 4 is 12.6 Å². The van der Waals surface area contributed by atoms with Crippen LogP contribution in [0.2, 0.25) is 0 Å². The van der Waals surface area contributed by atoms with Gasteiger partial charge in [-0.3, -0.25) is 0 Å². The highest BCUT2D eigenvalue weighted by Gasteiger charge is 2.11. The van der Waals surface area contributed by atoms with Gasteiger partial charge in [-0.05, 0) is 0 Å². The molecule has 2 heterocycles. The van der Waals surface area contributed by atoms with E-state index in [0.29, 0.717) is 5.95 Å². The maximum Gasteiger partial charge on any atom is 0.491 e. The van der Waals surface area contributed by atoms with Crippen molar-refractivity contribution in [2.24, 2.45) is 0 Å². The molecule has 2 aromatic rings. The molecule has 7 nitrogen and oxygen atoms in total. The second-order valence-electron chi connectivity index (χ2n) is 2.53. The van der Waals surface area contributed by atoms with Crippen molar-refractivity contribution in [2.75, 3.05) is 0 Å². The van der Waals surface area contributed by atoms with E-state index in [9.17, 15) is 0 Å². The third kappa shape index (κ3) is 1.61. The van der Waals surface area contributed by atoms with E-state index in [1.54, 1.807) is 0 Å². The van der Waals surface area contributed by atoms with E-state index < -0.39 is 7.12 Å². The van der Waals surface area contributed by atoms with E-state index in [2.05, 4.69) is 20.1 Å². The van der Waals surface area contributed by atoms with E-state index in [-0.39, 0.29) is 5.46 Å². The van der Waals surface area contributed by atoms with Crippen molar-refractivity contribution in [3.05, 3.63) is 25.0 Å². The van der Waals surface area contributed by atoms with Gasteiger partial charge in [-0.1, -0.05) is 0 Å². The lowest BCUT2D eigenvalue weighted by Gasteiger charge is -1.99. The first kappa shape index (κ1) is 8.79. The molecule has 0 fully saturated rings. The molecule has 0 radical (unpaired) electrons. The first-order valence-electron chi connectivity index (χ1n) is 3.80. The fourth-order valence-electron chi connectivity index (χ4n) is 0.894. The highest BCUT2D eigenvalue weighted by molar-refractivity contribution is 6.58. The molecular formula is C6H6BN5O2. The quantitative estimate of drug-likeness (QED) is 0.519. The normalized spacial score (nSPS) is 10.1. The van der Waals surface area contributed by atoms with Gasteiger partial charge in [0.1, 0.15) is 12.7 Å². The van der Waals surface area contributed by atoms with Crippen LogP contribution in [0.15, 0.2) is 25.0 Å². The Labute approximate surface area is 79.2 Å². The summed E-state index contributed by atoms with van der Waals surface area (Å²) in [6.07, 6.45) is 5.44. The Kier molecular flexibility index (Phi) is 2.21. The van der Waals surface area contributed by atoms with E-state index in [1.807, 2.05) is 0 Å². The monoisotopic (exact) mass is 191 g/mol. The van der Waals surface area contributed by atoms with Crippen molar-refractivity contribution in [3.8, 4) is 5.95 Å². The molecule has 0 aliphatic heterocycles. The van der Waals surface area contributed by atoms with Crippen LogP contribution in [-0.2, 0) is 0 Å². The SMILES string of the molecule is OB(O)c1cnc(-n2cncn2)nc1. The molecule has 0 aromatic carbocycles. The standard InChI is InChI=1S/C6H6BN5O2/c13-7(14)5-1-9-6(10-2-5)12-4-8-3-11-12/h1-4,13-14H. The maximum absolute atomic E-state index is 8.79. The van der Waals surface area contributed by atoms with Crippen LogP contribution >= 0.6 is 0 Å². The molecule has 8 heteroatoms. The summed E-state index contributed by atoms with van der Waals surface area (Å²) >= 11 is 0. The zero-order chi connectivity index (χ0) is 9.97. The van der Waals surface area contributed by atoms with Crippen molar-refractivity contribution in [1.82, 2.24) is 24.7 Å². The number of hydrogen-bond acceptors (Lipinski definition) is 6. The highest BCUT2D eigenvalue weighted by atomic mass is 16.4. The Morgan fingerprint density at radius 1 is 1.21 bits per heavy atom. The molecule has 0 bridgehead atoms. The topological polar surface area (TPSA) is 97.0 Å². The van der Waals surface area contributed by atoms with Crippen LogP contribution in [-0.4, -0.2) is 41.9 Å². The Hall–Kier alpha value is -1.80. The molecule has 0 aliphatic rings. The van der Waals surface area contributed by atoms with Gasteiger partial charge in [0.25, 0.3) is 5.95 Å². The van der Waals surface area contributed by atoms with Gasteiger partial charge in [0.2, 0.25) is 0 Å². The summed E-state index contributed by atoms with van der Waals surface area (Å²) in [7, 11) is -1.56. The highest BCUT2D eigenvalue weighted by Crippen LogP contribution is 1.92. The second-order valence-corrected chi connectivity index (χ2v) is 2.53. The van der Waals surface area contributed by atoms with Crippen LogP contribution in [0.4, 0.5) is 0 Å². The van der Waals surface area contributed by atoms with E-state index >= 15 is 0 Å². The zero-order valence-electron chi connectivity index (χ0n) is 7.02. The first-order chi connectivity index (χ1) is 6.77. The lowest BCUT2D eigenvalue weighted by Crippen LogP contribution is -2.31. The van der Waals surface area contributed by atoms with Crippen LogP contribution in [0.3, 0.4) is 0 Å². The molecule has 0 amide bonds. The summed E-state index contributed by atoms with van der Waals surface area (Å²) < 4.78 is 1.37. The summed E-state index contributed by atoms with van der Waals surface area (Å²) in [6, 6.07) is 0. The van der Waals surface area contributed by atoms with Gasteiger partial charge in [0.05, 0.1) is 0 Å².